The van der Waals surface area contributed by atoms with Crippen LogP contribution in [0.25, 0.3) is 0 Å². The SMILES string of the molecule is CC[C@@H]1CCc2sc(C(=O)OCC(=O)Nc3ccccc3)cc2C1. The van der Waals surface area contributed by atoms with Gasteiger partial charge in [0.15, 0.2) is 6.61 Å². The summed E-state index contributed by atoms with van der Waals surface area (Å²) in [6.45, 7) is 1.94. The fourth-order valence-electron chi connectivity index (χ4n) is 2.97. The van der Waals surface area contributed by atoms with Gasteiger partial charge in [0.1, 0.15) is 4.88 Å². The quantitative estimate of drug-likeness (QED) is 0.833. The molecule has 4 nitrogen and oxygen atoms in total. The first-order chi connectivity index (χ1) is 11.7. The first kappa shape index (κ1) is 16.7. The molecule has 0 saturated heterocycles. The summed E-state index contributed by atoms with van der Waals surface area (Å²) in [5.41, 5.74) is 1.97. The molecular weight excluding hydrogens is 322 g/mol. The Labute approximate surface area is 145 Å². The second kappa shape index (κ2) is 7.62. The molecule has 0 radical (unpaired) electrons. The van der Waals surface area contributed by atoms with Gasteiger partial charge in [-0.05, 0) is 48.9 Å². The van der Waals surface area contributed by atoms with Crippen LogP contribution < -0.4 is 5.32 Å². The van der Waals surface area contributed by atoms with Crippen LogP contribution in [0.1, 0.15) is 39.9 Å². The van der Waals surface area contributed by atoms with E-state index in [0.29, 0.717) is 16.5 Å². The molecule has 1 atom stereocenters. The number of fused-ring (bicyclic) bond motifs is 1. The molecule has 0 spiro atoms. The van der Waals surface area contributed by atoms with E-state index in [2.05, 4.69) is 12.2 Å². The predicted molar refractivity (Wildman–Crippen MR) is 95.5 cm³/mol. The second-order valence-corrected chi connectivity index (χ2v) is 7.20. The molecule has 1 aromatic carbocycles. The first-order valence-electron chi connectivity index (χ1n) is 8.29. The van der Waals surface area contributed by atoms with Gasteiger partial charge < -0.3 is 10.1 Å². The molecule has 1 aromatic heterocycles. The summed E-state index contributed by atoms with van der Waals surface area (Å²) in [6.07, 6.45) is 4.46. The molecule has 1 amide bonds. The number of nitrogens with one attached hydrogen (secondary N) is 1. The molecule has 0 fully saturated rings. The largest absolute Gasteiger partial charge is 0.451 e. The standard InChI is InChI=1S/C19H21NO3S/c1-2-13-8-9-16-14(10-13)11-17(24-16)19(22)23-12-18(21)20-15-6-4-3-5-7-15/h3-7,11,13H,2,8-10,12H2,1H3,(H,20,21)/t13-/m1/s1. The van der Waals surface area contributed by atoms with Crippen molar-refractivity contribution >= 4 is 28.9 Å². The summed E-state index contributed by atoms with van der Waals surface area (Å²) in [6, 6.07) is 11.1. The van der Waals surface area contributed by atoms with Gasteiger partial charge in [-0.3, -0.25) is 4.79 Å². The highest BCUT2D eigenvalue weighted by atomic mass is 32.1. The van der Waals surface area contributed by atoms with Gasteiger partial charge in [-0.15, -0.1) is 11.3 Å². The Morgan fingerprint density at radius 2 is 2.08 bits per heavy atom. The Balaban J connectivity index is 1.54. The van der Waals surface area contributed by atoms with E-state index in [0.717, 1.165) is 12.8 Å². The summed E-state index contributed by atoms with van der Waals surface area (Å²) in [7, 11) is 0. The Morgan fingerprint density at radius 1 is 1.29 bits per heavy atom. The van der Waals surface area contributed by atoms with Gasteiger partial charge in [0, 0.05) is 10.6 Å². The van der Waals surface area contributed by atoms with E-state index >= 15 is 0 Å². The van der Waals surface area contributed by atoms with Crippen LogP contribution in [0.5, 0.6) is 0 Å². The van der Waals surface area contributed by atoms with Crippen LogP contribution in [0.15, 0.2) is 36.4 Å². The third-order valence-corrected chi connectivity index (χ3v) is 5.57. The highest BCUT2D eigenvalue weighted by Gasteiger charge is 2.22. The van der Waals surface area contributed by atoms with E-state index in [-0.39, 0.29) is 12.5 Å². The fourth-order valence-corrected chi connectivity index (χ4v) is 4.07. The third-order valence-electron chi connectivity index (χ3n) is 4.36. The Morgan fingerprint density at radius 3 is 2.83 bits per heavy atom. The van der Waals surface area contributed by atoms with Crippen LogP contribution in [0, 0.1) is 5.92 Å². The lowest BCUT2D eigenvalue weighted by molar-refractivity contribution is -0.119. The maximum atomic E-state index is 12.2. The molecule has 0 unspecified atom stereocenters. The lowest BCUT2D eigenvalue weighted by atomic mass is 9.87. The van der Waals surface area contributed by atoms with Crippen LogP contribution in [-0.4, -0.2) is 18.5 Å². The van der Waals surface area contributed by atoms with E-state index < -0.39 is 5.97 Å². The maximum absolute atomic E-state index is 12.2. The van der Waals surface area contributed by atoms with Crippen molar-refractivity contribution in [1.82, 2.24) is 0 Å². The number of hydrogen-bond donors (Lipinski definition) is 1. The van der Waals surface area contributed by atoms with E-state index in [1.807, 2.05) is 24.3 Å². The number of carbonyl (C=O) groups excluding carboxylic acids is 2. The minimum absolute atomic E-state index is 0.270. The summed E-state index contributed by atoms with van der Waals surface area (Å²) in [5.74, 6) is -0.0276. The molecule has 1 aliphatic carbocycles. The molecule has 0 saturated carbocycles. The molecule has 0 aliphatic heterocycles. The van der Waals surface area contributed by atoms with Gasteiger partial charge in [-0.1, -0.05) is 31.5 Å². The zero-order valence-corrected chi connectivity index (χ0v) is 14.5. The van der Waals surface area contributed by atoms with E-state index in [4.69, 9.17) is 4.74 Å². The number of anilines is 1. The average molecular weight is 343 g/mol. The average Bonchev–Trinajstić information content (AvgIpc) is 3.03. The minimum atomic E-state index is -0.411. The Hall–Kier alpha value is -2.14. The Bertz CT molecular complexity index is 723. The summed E-state index contributed by atoms with van der Waals surface area (Å²) >= 11 is 1.51. The monoisotopic (exact) mass is 343 g/mol. The van der Waals surface area contributed by atoms with E-state index in [9.17, 15) is 9.59 Å². The van der Waals surface area contributed by atoms with Crippen LogP contribution in [0.2, 0.25) is 0 Å². The molecule has 3 rings (SSSR count). The number of carbonyl (C=O) groups is 2. The molecule has 1 heterocycles. The van der Waals surface area contributed by atoms with Crippen LogP contribution in [0.4, 0.5) is 5.69 Å². The molecule has 24 heavy (non-hydrogen) atoms. The van der Waals surface area contributed by atoms with Crippen LogP contribution >= 0.6 is 11.3 Å². The molecule has 5 heteroatoms. The fraction of sp³-hybridized carbons (Fsp3) is 0.368. The number of rotatable bonds is 5. The molecule has 126 valence electrons. The normalized spacial score (nSPS) is 16.3. The van der Waals surface area contributed by atoms with Gasteiger partial charge in [0.2, 0.25) is 0 Å². The number of amides is 1. The number of hydrogen-bond acceptors (Lipinski definition) is 4. The predicted octanol–water partition coefficient (Wildman–Crippen LogP) is 4.06. The zero-order valence-electron chi connectivity index (χ0n) is 13.7. The van der Waals surface area contributed by atoms with E-state index in [1.54, 1.807) is 12.1 Å². The topological polar surface area (TPSA) is 55.4 Å². The van der Waals surface area contributed by atoms with Crippen molar-refractivity contribution in [2.45, 2.75) is 32.6 Å². The number of esters is 1. The summed E-state index contributed by atoms with van der Waals surface area (Å²) < 4.78 is 5.15. The molecule has 2 aromatic rings. The van der Waals surface area contributed by atoms with Crippen LogP contribution in [-0.2, 0) is 22.4 Å². The van der Waals surface area contributed by atoms with Crippen molar-refractivity contribution in [3.8, 4) is 0 Å². The molecule has 1 N–H and O–H groups in total. The summed E-state index contributed by atoms with van der Waals surface area (Å²) in [4.78, 5) is 25.9. The van der Waals surface area contributed by atoms with Crippen molar-refractivity contribution in [3.05, 3.63) is 51.7 Å². The second-order valence-electron chi connectivity index (χ2n) is 6.07. The van der Waals surface area contributed by atoms with Crippen LogP contribution in [0.3, 0.4) is 0 Å². The zero-order chi connectivity index (χ0) is 16.9. The highest BCUT2D eigenvalue weighted by molar-refractivity contribution is 7.14. The number of ether oxygens (including phenoxy) is 1. The van der Waals surface area contributed by atoms with Crippen molar-refractivity contribution in [2.24, 2.45) is 5.92 Å². The number of para-hydroxylation sites is 1. The van der Waals surface area contributed by atoms with Gasteiger partial charge in [-0.25, -0.2) is 4.79 Å². The number of benzene rings is 1. The van der Waals surface area contributed by atoms with Gasteiger partial charge in [-0.2, -0.15) is 0 Å². The third kappa shape index (κ3) is 4.03. The number of thiophene rings is 1. The van der Waals surface area contributed by atoms with Crippen molar-refractivity contribution in [3.63, 3.8) is 0 Å². The summed E-state index contributed by atoms with van der Waals surface area (Å²) in [5, 5.41) is 2.70. The smallest absolute Gasteiger partial charge is 0.348 e. The first-order valence-corrected chi connectivity index (χ1v) is 9.11. The van der Waals surface area contributed by atoms with E-state index in [1.165, 1.54) is 34.6 Å². The molecular formula is C19H21NO3S. The van der Waals surface area contributed by atoms with Crippen molar-refractivity contribution in [2.75, 3.05) is 11.9 Å². The van der Waals surface area contributed by atoms with Gasteiger partial charge >= 0.3 is 5.97 Å². The maximum Gasteiger partial charge on any atom is 0.348 e. The minimum Gasteiger partial charge on any atom is -0.451 e. The Kier molecular flexibility index (Phi) is 5.30. The molecule has 0 bridgehead atoms. The lowest BCUT2D eigenvalue weighted by Crippen LogP contribution is -2.20. The van der Waals surface area contributed by atoms with Crippen molar-refractivity contribution in [1.29, 1.82) is 0 Å². The highest BCUT2D eigenvalue weighted by Crippen LogP contribution is 2.33. The molecule has 1 aliphatic rings. The van der Waals surface area contributed by atoms with Crippen molar-refractivity contribution < 1.29 is 14.3 Å². The lowest BCUT2D eigenvalue weighted by Gasteiger charge is -2.19. The van der Waals surface area contributed by atoms with Gasteiger partial charge in [0.05, 0.1) is 0 Å². The van der Waals surface area contributed by atoms with Gasteiger partial charge in [0.25, 0.3) is 5.91 Å². The number of aryl methyl sites for hydroxylation is 1.